The third-order valence-electron chi connectivity index (χ3n) is 2.12. The van der Waals surface area contributed by atoms with E-state index in [9.17, 15) is 0 Å². The Balaban J connectivity index is 2.74. The van der Waals surface area contributed by atoms with Gasteiger partial charge in [-0.25, -0.2) is 4.98 Å². The van der Waals surface area contributed by atoms with Crippen LogP contribution in [0.4, 0.5) is 5.82 Å². The van der Waals surface area contributed by atoms with Gasteiger partial charge in [-0.2, -0.15) is 0 Å². The molecule has 3 N–H and O–H groups in total. The van der Waals surface area contributed by atoms with E-state index in [0.29, 0.717) is 5.82 Å². The summed E-state index contributed by atoms with van der Waals surface area (Å²) in [6, 6.07) is 3.57. The zero-order valence-corrected chi connectivity index (χ0v) is 8.27. The van der Waals surface area contributed by atoms with Crippen LogP contribution in [0.15, 0.2) is 18.3 Å². The molecule has 1 unspecified atom stereocenters. The minimum absolute atomic E-state index is 0.00444. The Morgan fingerprint density at radius 1 is 1.50 bits per heavy atom. The summed E-state index contributed by atoms with van der Waals surface area (Å²) in [5.74, 6) is 0.649. The van der Waals surface area contributed by atoms with Crippen molar-refractivity contribution in [2.75, 3.05) is 11.9 Å². The minimum Gasteiger partial charge on any atom is -0.394 e. The number of nitrogens with zero attached hydrogens (tertiary/aromatic N) is 1. The van der Waals surface area contributed by atoms with Gasteiger partial charge in [0.25, 0.3) is 0 Å². The molecule has 4 nitrogen and oxygen atoms in total. The van der Waals surface area contributed by atoms with Gasteiger partial charge in [0, 0.05) is 11.8 Å². The molecule has 0 amide bonds. The van der Waals surface area contributed by atoms with Gasteiger partial charge >= 0.3 is 0 Å². The van der Waals surface area contributed by atoms with E-state index in [4.69, 9.17) is 10.2 Å². The summed E-state index contributed by atoms with van der Waals surface area (Å²) in [6.07, 6.45) is 2.48. The van der Waals surface area contributed by atoms with E-state index in [1.54, 1.807) is 18.3 Å². The average molecular weight is 196 g/mol. The topological polar surface area (TPSA) is 65.4 Å². The van der Waals surface area contributed by atoms with Gasteiger partial charge in [-0.3, -0.25) is 0 Å². The highest BCUT2D eigenvalue weighted by molar-refractivity contribution is 5.44. The summed E-state index contributed by atoms with van der Waals surface area (Å²) in [5, 5.41) is 21.1. The van der Waals surface area contributed by atoms with Gasteiger partial charge < -0.3 is 15.5 Å². The number of rotatable bonds is 5. The number of hydrogen-bond donors (Lipinski definition) is 3. The van der Waals surface area contributed by atoms with Crippen LogP contribution in [0.5, 0.6) is 0 Å². The second-order valence-electron chi connectivity index (χ2n) is 3.10. The monoisotopic (exact) mass is 196 g/mol. The van der Waals surface area contributed by atoms with E-state index in [2.05, 4.69) is 10.3 Å². The van der Waals surface area contributed by atoms with Gasteiger partial charge in [0.05, 0.1) is 19.3 Å². The Morgan fingerprint density at radius 2 is 2.29 bits per heavy atom. The highest BCUT2D eigenvalue weighted by Gasteiger charge is 2.07. The zero-order chi connectivity index (χ0) is 10.4. The number of aliphatic hydroxyl groups excluding tert-OH is 2. The summed E-state index contributed by atoms with van der Waals surface area (Å²) in [6.45, 7) is 2.01. The fourth-order valence-electron chi connectivity index (χ4n) is 1.17. The molecule has 0 saturated carbocycles. The van der Waals surface area contributed by atoms with Crippen LogP contribution in [0.3, 0.4) is 0 Å². The number of hydrogen-bond acceptors (Lipinski definition) is 4. The van der Waals surface area contributed by atoms with E-state index in [1.165, 1.54) is 0 Å². The van der Waals surface area contributed by atoms with Gasteiger partial charge in [-0.05, 0) is 12.5 Å². The first-order valence-electron chi connectivity index (χ1n) is 4.74. The third kappa shape index (κ3) is 2.68. The maximum absolute atomic E-state index is 9.03. The van der Waals surface area contributed by atoms with Gasteiger partial charge in [0.2, 0.25) is 0 Å². The van der Waals surface area contributed by atoms with E-state index < -0.39 is 0 Å². The number of aromatic nitrogens is 1. The van der Waals surface area contributed by atoms with Gasteiger partial charge in [0.15, 0.2) is 0 Å². The van der Waals surface area contributed by atoms with Crippen LogP contribution in [0, 0.1) is 0 Å². The summed E-state index contributed by atoms with van der Waals surface area (Å²) >= 11 is 0. The van der Waals surface area contributed by atoms with Crippen molar-refractivity contribution in [2.24, 2.45) is 0 Å². The Bertz CT molecular complexity index is 275. The van der Waals surface area contributed by atoms with Crippen molar-refractivity contribution in [3.8, 4) is 0 Å². The Morgan fingerprint density at radius 3 is 2.86 bits per heavy atom. The van der Waals surface area contributed by atoms with Crippen molar-refractivity contribution < 1.29 is 10.2 Å². The molecule has 4 heteroatoms. The summed E-state index contributed by atoms with van der Waals surface area (Å²) in [5.41, 5.74) is 0.749. The largest absolute Gasteiger partial charge is 0.394 e. The van der Waals surface area contributed by atoms with Crippen LogP contribution in [-0.2, 0) is 6.61 Å². The van der Waals surface area contributed by atoms with Crippen LogP contribution < -0.4 is 5.32 Å². The van der Waals surface area contributed by atoms with Crippen LogP contribution >= 0.6 is 0 Å². The van der Waals surface area contributed by atoms with Crippen LogP contribution in [0.25, 0.3) is 0 Å². The van der Waals surface area contributed by atoms with E-state index in [-0.39, 0.29) is 19.3 Å². The van der Waals surface area contributed by atoms with Crippen molar-refractivity contribution >= 4 is 5.82 Å². The normalized spacial score (nSPS) is 12.5. The van der Waals surface area contributed by atoms with Gasteiger partial charge in [0.1, 0.15) is 5.82 Å². The second kappa shape index (κ2) is 5.57. The van der Waals surface area contributed by atoms with Gasteiger partial charge in [-0.15, -0.1) is 0 Å². The average Bonchev–Trinajstić information content (AvgIpc) is 2.26. The molecule has 1 aromatic rings. The fraction of sp³-hybridized carbons (Fsp3) is 0.500. The molecule has 0 saturated heterocycles. The Kier molecular flexibility index (Phi) is 4.35. The molecule has 0 aliphatic carbocycles. The third-order valence-corrected chi connectivity index (χ3v) is 2.12. The summed E-state index contributed by atoms with van der Waals surface area (Å²) < 4.78 is 0. The van der Waals surface area contributed by atoms with Gasteiger partial charge in [-0.1, -0.05) is 13.0 Å². The predicted octanol–water partition coefficient (Wildman–Crippen LogP) is 0.757. The van der Waals surface area contributed by atoms with Crippen molar-refractivity contribution in [1.82, 2.24) is 4.98 Å². The highest BCUT2D eigenvalue weighted by Crippen LogP contribution is 2.12. The lowest BCUT2D eigenvalue weighted by atomic mass is 10.2. The fourth-order valence-corrected chi connectivity index (χ4v) is 1.17. The SMILES string of the molecule is CCC(CO)Nc1ncccc1CO. The van der Waals surface area contributed by atoms with Crippen molar-refractivity contribution in [1.29, 1.82) is 0 Å². The first-order chi connectivity index (χ1) is 6.81. The zero-order valence-electron chi connectivity index (χ0n) is 8.27. The lowest BCUT2D eigenvalue weighted by Gasteiger charge is -2.16. The summed E-state index contributed by atoms with van der Waals surface area (Å²) in [4.78, 5) is 4.10. The minimum atomic E-state index is -0.0436. The molecule has 0 radical (unpaired) electrons. The smallest absolute Gasteiger partial charge is 0.131 e. The van der Waals surface area contributed by atoms with Crippen LogP contribution in [0.2, 0.25) is 0 Å². The molecule has 0 aromatic carbocycles. The predicted molar refractivity (Wildman–Crippen MR) is 54.9 cm³/mol. The van der Waals surface area contributed by atoms with E-state index in [1.807, 2.05) is 6.92 Å². The number of nitrogens with one attached hydrogen (secondary N) is 1. The van der Waals surface area contributed by atoms with Crippen molar-refractivity contribution in [3.05, 3.63) is 23.9 Å². The van der Waals surface area contributed by atoms with E-state index >= 15 is 0 Å². The maximum Gasteiger partial charge on any atom is 0.131 e. The molecule has 0 fully saturated rings. The first kappa shape index (κ1) is 10.9. The second-order valence-corrected chi connectivity index (χ2v) is 3.10. The molecular weight excluding hydrogens is 180 g/mol. The Hall–Kier alpha value is -1.13. The number of aliphatic hydroxyl groups is 2. The molecule has 1 heterocycles. The molecule has 1 atom stereocenters. The standard InChI is InChI=1S/C10H16N2O2/c1-2-9(7-14)12-10-8(6-13)4-3-5-11-10/h3-5,9,13-14H,2,6-7H2,1H3,(H,11,12). The molecule has 1 rings (SSSR count). The number of pyridine rings is 1. The quantitative estimate of drug-likeness (QED) is 0.650. The molecule has 1 aromatic heterocycles. The number of anilines is 1. The van der Waals surface area contributed by atoms with Crippen LogP contribution in [-0.4, -0.2) is 27.8 Å². The molecular formula is C10H16N2O2. The maximum atomic E-state index is 9.03. The molecule has 0 bridgehead atoms. The highest BCUT2D eigenvalue weighted by atomic mass is 16.3. The molecule has 78 valence electrons. The van der Waals surface area contributed by atoms with Crippen molar-refractivity contribution in [2.45, 2.75) is 26.0 Å². The molecule has 0 aliphatic heterocycles. The Labute approximate surface area is 83.6 Å². The van der Waals surface area contributed by atoms with E-state index in [0.717, 1.165) is 12.0 Å². The lowest BCUT2D eigenvalue weighted by molar-refractivity contribution is 0.269. The molecule has 0 aliphatic rings. The molecule has 14 heavy (non-hydrogen) atoms. The molecule has 0 spiro atoms. The lowest BCUT2D eigenvalue weighted by Crippen LogP contribution is -2.23. The first-order valence-corrected chi connectivity index (χ1v) is 4.74. The van der Waals surface area contributed by atoms with Crippen molar-refractivity contribution in [3.63, 3.8) is 0 Å². The van der Waals surface area contributed by atoms with Crippen LogP contribution in [0.1, 0.15) is 18.9 Å². The summed E-state index contributed by atoms with van der Waals surface area (Å²) in [7, 11) is 0.